The van der Waals surface area contributed by atoms with E-state index in [-0.39, 0.29) is 18.3 Å². The Kier molecular flexibility index (Phi) is 4.34. The second-order valence-corrected chi connectivity index (χ2v) is 4.01. The molecule has 0 fully saturated rings. The topological polar surface area (TPSA) is 33.5 Å². The quantitative estimate of drug-likeness (QED) is 0.752. The molecular formula is C11H14F3NO2. The van der Waals surface area contributed by atoms with E-state index in [4.69, 9.17) is 4.42 Å². The molecule has 1 rings (SSSR count). The lowest BCUT2D eigenvalue weighted by atomic mass is 10.2. The van der Waals surface area contributed by atoms with E-state index in [1.165, 1.54) is 18.4 Å². The van der Waals surface area contributed by atoms with Gasteiger partial charge in [-0.05, 0) is 26.0 Å². The first kappa shape index (κ1) is 13.8. The molecule has 0 aliphatic carbocycles. The average Bonchev–Trinajstić information content (AvgIpc) is 2.66. The zero-order valence-electron chi connectivity index (χ0n) is 9.62. The maximum Gasteiger partial charge on any atom is 0.401 e. The number of carbonyl (C=O) groups is 1. The summed E-state index contributed by atoms with van der Waals surface area (Å²) in [5.74, 6) is -0.370. The fourth-order valence-electron chi connectivity index (χ4n) is 1.35. The molecule has 0 radical (unpaired) electrons. The Bertz CT molecular complexity index is 357. The molecule has 0 saturated carbocycles. The Morgan fingerprint density at radius 3 is 2.53 bits per heavy atom. The van der Waals surface area contributed by atoms with Gasteiger partial charge in [-0.3, -0.25) is 9.69 Å². The van der Waals surface area contributed by atoms with Crippen molar-refractivity contribution >= 4 is 5.78 Å². The van der Waals surface area contributed by atoms with Crippen LogP contribution in [-0.4, -0.2) is 36.0 Å². The number of halogens is 3. The maximum atomic E-state index is 12.3. The summed E-state index contributed by atoms with van der Waals surface area (Å²) in [6, 6.07) is 2.60. The number of hydrogen-bond donors (Lipinski definition) is 0. The molecule has 0 atom stereocenters. The highest BCUT2D eigenvalue weighted by atomic mass is 19.4. The van der Waals surface area contributed by atoms with Crippen molar-refractivity contribution in [2.45, 2.75) is 26.1 Å². The first-order chi connectivity index (χ1) is 7.79. The Morgan fingerprint density at radius 2 is 2.12 bits per heavy atom. The lowest BCUT2D eigenvalue weighted by Gasteiger charge is -2.26. The third-order valence-corrected chi connectivity index (χ3v) is 2.26. The van der Waals surface area contributed by atoms with Crippen LogP contribution >= 0.6 is 0 Å². The van der Waals surface area contributed by atoms with Crippen LogP contribution in [-0.2, 0) is 0 Å². The van der Waals surface area contributed by atoms with Crippen LogP contribution < -0.4 is 0 Å². The van der Waals surface area contributed by atoms with E-state index >= 15 is 0 Å². The maximum absolute atomic E-state index is 12.3. The molecule has 17 heavy (non-hydrogen) atoms. The van der Waals surface area contributed by atoms with E-state index in [0.29, 0.717) is 0 Å². The van der Waals surface area contributed by atoms with Crippen molar-refractivity contribution < 1.29 is 22.4 Å². The number of hydrogen-bond acceptors (Lipinski definition) is 3. The molecule has 0 aromatic carbocycles. The van der Waals surface area contributed by atoms with Crippen LogP contribution in [0.15, 0.2) is 22.8 Å². The number of Topliss-reactive ketones (excluding diaryl/α,β-unsaturated/α-hetero) is 1. The van der Waals surface area contributed by atoms with Gasteiger partial charge in [-0.1, -0.05) is 0 Å². The Morgan fingerprint density at radius 1 is 1.47 bits per heavy atom. The summed E-state index contributed by atoms with van der Waals surface area (Å²) in [5.41, 5.74) is 0. The van der Waals surface area contributed by atoms with E-state index in [1.807, 2.05) is 0 Å². The van der Waals surface area contributed by atoms with Gasteiger partial charge < -0.3 is 4.42 Å². The second kappa shape index (κ2) is 5.35. The van der Waals surface area contributed by atoms with Crippen LogP contribution in [0, 0.1) is 0 Å². The second-order valence-electron chi connectivity index (χ2n) is 4.01. The number of furan rings is 1. The van der Waals surface area contributed by atoms with E-state index in [1.54, 1.807) is 13.8 Å². The fraction of sp³-hybridized carbons (Fsp3) is 0.545. The highest BCUT2D eigenvalue weighted by Crippen LogP contribution is 2.18. The smallest absolute Gasteiger partial charge is 0.401 e. The lowest BCUT2D eigenvalue weighted by Crippen LogP contribution is -2.42. The molecule has 0 spiro atoms. The third kappa shape index (κ3) is 4.60. The van der Waals surface area contributed by atoms with Crippen molar-refractivity contribution in [2.24, 2.45) is 0 Å². The summed E-state index contributed by atoms with van der Waals surface area (Å²) in [5, 5.41) is 0. The molecule has 1 aromatic heterocycles. The van der Waals surface area contributed by atoms with Gasteiger partial charge in [0.1, 0.15) is 0 Å². The van der Waals surface area contributed by atoms with Gasteiger partial charge in [0.25, 0.3) is 0 Å². The van der Waals surface area contributed by atoms with Gasteiger partial charge in [-0.2, -0.15) is 13.2 Å². The van der Waals surface area contributed by atoms with Gasteiger partial charge in [-0.25, -0.2) is 0 Å². The van der Waals surface area contributed by atoms with Crippen LogP contribution in [0.25, 0.3) is 0 Å². The summed E-state index contributed by atoms with van der Waals surface area (Å²) in [4.78, 5) is 12.7. The van der Waals surface area contributed by atoms with Gasteiger partial charge in [0.2, 0.25) is 5.78 Å². The molecule has 1 heterocycles. The van der Waals surface area contributed by atoms with Crippen molar-refractivity contribution in [3.63, 3.8) is 0 Å². The van der Waals surface area contributed by atoms with E-state index in [0.717, 1.165) is 4.90 Å². The first-order valence-corrected chi connectivity index (χ1v) is 5.17. The summed E-state index contributed by atoms with van der Waals surface area (Å²) < 4.78 is 41.7. The molecule has 0 aliphatic rings. The van der Waals surface area contributed by atoms with Crippen LogP contribution in [0.5, 0.6) is 0 Å². The predicted molar refractivity (Wildman–Crippen MR) is 55.8 cm³/mol. The summed E-state index contributed by atoms with van der Waals surface area (Å²) in [6.45, 7) is 1.82. The minimum atomic E-state index is -4.31. The van der Waals surface area contributed by atoms with E-state index < -0.39 is 18.5 Å². The number of carbonyl (C=O) groups excluding carboxylic acids is 1. The van der Waals surface area contributed by atoms with Crippen molar-refractivity contribution in [1.82, 2.24) is 4.90 Å². The molecule has 0 unspecified atom stereocenters. The van der Waals surface area contributed by atoms with Crippen molar-refractivity contribution in [3.05, 3.63) is 24.2 Å². The van der Waals surface area contributed by atoms with Gasteiger partial charge in [-0.15, -0.1) is 0 Å². The lowest BCUT2D eigenvalue weighted by molar-refractivity contribution is -0.148. The molecule has 1 aromatic rings. The normalized spacial score (nSPS) is 12.4. The number of rotatable bonds is 5. The molecule has 6 heteroatoms. The molecule has 0 N–H and O–H groups in total. The van der Waals surface area contributed by atoms with Crippen LogP contribution in [0.4, 0.5) is 13.2 Å². The van der Waals surface area contributed by atoms with Crippen molar-refractivity contribution in [1.29, 1.82) is 0 Å². The SMILES string of the molecule is CC(C)N(CC(=O)c1ccco1)CC(F)(F)F. The summed E-state index contributed by atoms with van der Waals surface area (Å²) in [7, 11) is 0. The Labute approximate surface area is 97.2 Å². The van der Waals surface area contributed by atoms with Gasteiger partial charge in [0, 0.05) is 6.04 Å². The average molecular weight is 249 g/mol. The van der Waals surface area contributed by atoms with Crippen LogP contribution in [0.1, 0.15) is 24.4 Å². The van der Waals surface area contributed by atoms with Gasteiger partial charge in [0.15, 0.2) is 5.76 Å². The standard InChI is InChI=1S/C11H14F3NO2/c1-8(2)15(7-11(12,13)14)6-9(16)10-4-3-5-17-10/h3-5,8H,6-7H2,1-2H3. The Balaban J connectivity index is 2.65. The van der Waals surface area contributed by atoms with Crippen molar-refractivity contribution in [3.8, 4) is 0 Å². The largest absolute Gasteiger partial charge is 0.461 e. The minimum absolute atomic E-state index is 0.0813. The van der Waals surface area contributed by atoms with Crippen LogP contribution in [0.3, 0.4) is 0 Å². The number of alkyl halides is 3. The minimum Gasteiger partial charge on any atom is -0.461 e. The molecular weight excluding hydrogens is 235 g/mol. The zero-order valence-corrected chi connectivity index (χ0v) is 9.62. The van der Waals surface area contributed by atoms with Gasteiger partial charge in [0.05, 0.1) is 19.4 Å². The predicted octanol–water partition coefficient (Wildman–Crippen LogP) is 2.74. The van der Waals surface area contributed by atoms with E-state index in [2.05, 4.69) is 0 Å². The molecule has 3 nitrogen and oxygen atoms in total. The van der Waals surface area contributed by atoms with Gasteiger partial charge >= 0.3 is 6.18 Å². The monoisotopic (exact) mass is 249 g/mol. The zero-order chi connectivity index (χ0) is 13.1. The molecule has 0 saturated heterocycles. The number of ketones is 1. The molecule has 0 aliphatic heterocycles. The fourth-order valence-corrected chi connectivity index (χ4v) is 1.35. The summed E-state index contributed by atoms with van der Waals surface area (Å²) >= 11 is 0. The Hall–Kier alpha value is -1.30. The molecule has 0 amide bonds. The number of nitrogens with zero attached hydrogens (tertiary/aromatic N) is 1. The highest BCUT2D eigenvalue weighted by molar-refractivity contribution is 5.95. The summed E-state index contributed by atoms with van der Waals surface area (Å²) in [6.07, 6.45) is -3.00. The first-order valence-electron chi connectivity index (χ1n) is 5.17. The third-order valence-electron chi connectivity index (χ3n) is 2.26. The van der Waals surface area contributed by atoms with Crippen molar-refractivity contribution in [2.75, 3.05) is 13.1 Å². The molecule has 96 valence electrons. The van der Waals surface area contributed by atoms with E-state index in [9.17, 15) is 18.0 Å². The highest BCUT2D eigenvalue weighted by Gasteiger charge is 2.32. The van der Waals surface area contributed by atoms with Crippen LogP contribution in [0.2, 0.25) is 0 Å². The molecule has 0 bridgehead atoms.